The fourth-order valence-electron chi connectivity index (χ4n) is 3.06. The Morgan fingerprint density at radius 3 is 2.88 bits per heavy atom. The first-order valence-electron chi connectivity index (χ1n) is 8.23. The lowest BCUT2D eigenvalue weighted by molar-refractivity contribution is -0.119. The Balaban J connectivity index is 1.71. The number of halogens is 1. The minimum absolute atomic E-state index is 0.0960. The predicted octanol–water partition coefficient (Wildman–Crippen LogP) is 1.46. The van der Waals surface area contributed by atoms with Crippen LogP contribution >= 0.6 is 0 Å². The van der Waals surface area contributed by atoms with Crippen molar-refractivity contribution in [3.8, 4) is 0 Å². The van der Waals surface area contributed by atoms with Crippen molar-refractivity contribution < 1.29 is 23.5 Å². The van der Waals surface area contributed by atoms with E-state index in [4.69, 9.17) is 4.74 Å². The normalized spacial score (nSPS) is 20.6. The highest BCUT2D eigenvalue weighted by atomic mass is 19.1. The average Bonchev–Trinajstić information content (AvgIpc) is 2.94. The van der Waals surface area contributed by atoms with Gasteiger partial charge in [0.25, 0.3) is 0 Å². The number of Topliss-reactive ketones (excluding diaryl/α,β-unsaturated/α-hetero) is 1. The molecule has 2 aliphatic rings. The molecule has 2 fully saturated rings. The molecule has 1 atom stereocenters. The van der Waals surface area contributed by atoms with Gasteiger partial charge in [0.05, 0.1) is 31.0 Å². The summed E-state index contributed by atoms with van der Waals surface area (Å²) in [5, 5.41) is 2.59. The Kier molecular flexibility index (Phi) is 4.87. The van der Waals surface area contributed by atoms with Crippen LogP contribution in [0.5, 0.6) is 0 Å². The molecular formula is C17H20FN3O4. The van der Waals surface area contributed by atoms with E-state index in [0.717, 1.165) is 0 Å². The van der Waals surface area contributed by atoms with Crippen molar-refractivity contribution >= 4 is 29.2 Å². The maximum atomic E-state index is 14.5. The lowest BCUT2D eigenvalue weighted by Crippen LogP contribution is -2.36. The van der Waals surface area contributed by atoms with E-state index in [-0.39, 0.29) is 31.3 Å². The number of nitrogens with zero attached hydrogens (tertiary/aromatic N) is 2. The molecule has 0 aromatic heterocycles. The Bertz CT molecular complexity index is 709. The number of nitrogens with one attached hydrogen (secondary N) is 1. The number of cyclic esters (lactones) is 1. The van der Waals surface area contributed by atoms with Crippen LogP contribution in [-0.4, -0.2) is 50.1 Å². The Hall–Kier alpha value is -2.64. The number of anilines is 2. The third kappa shape index (κ3) is 3.89. The van der Waals surface area contributed by atoms with Crippen molar-refractivity contribution in [3.05, 3.63) is 24.0 Å². The first kappa shape index (κ1) is 17.2. The van der Waals surface area contributed by atoms with Crippen LogP contribution in [0.25, 0.3) is 0 Å². The van der Waals surface area contributed by atoms with Crippen LogP contribution in [0.15, 0.2) is 18.2 Å². The van der Waals surface area contributed by atoms with E-state index >= 15 is 0 Å². The zero-order chi connectivity index (χ0) is 18.0. The van der Waals surface area contributed by atoms with Gasteiger partial charge in [0.2, 0.25) is 5.91 Å². The summed E-state index contributed by atoms with van der Waals surface area (Å²) in [4.78, 5) is 37.5. The molecule has 2 aliphatic heterocycles. The second kappa shape index (κ2) is 7.08. The highest BCUT2D eigenvalue weighted by Crippen LogP contribution is 2.29. The quantitative estimate of drug-likeness (QED) is 0.890. The van der Waals surface area contributed by atoms with E-state index in [9.17, 15) is 18.8 Å². The number of hydrogen-bond acceptors (Lipinski definition) is 5. The average molecular weight is 349 g/mol. The van der Waals surface area contributed by atoms with Crippen molar-refractivity contribution in [2.75, 3.05) is 36.0 Å². The van der Waals surface area contributed by atoms with Gasteiger partial charge in [-0.05, 0) is 24.6 Å². The molecule has 2 amide bonds. The van der Waals surface area contributed by atoms with Crippen molar-refractivity contribution in [3.63, 3.8) is 0 Å². The molecule has 0 saturated carbocycles. The van der Waals surface area contributed by atoms with Gasteiger partial charge in [0.1, 0.15) is 11.9 Å². The van der Waals surface area contributed by atoms with E-state index in [1.807, 2.05) is 0 Å². The molecule has 1 aromatic carbocycles. The Morgan fingerprint density at radius 2 is 2.20 bits per heavy atom. The molecule has 0 bridgehead atoms. The summed E-state index contributed by atoms with van der Waals surface area (Å²) in [5.41, 5.74) is 0.749. The van der Waals surface area contributed by atoms with Crippen LogP contribution in [0.3, 0.4) is 0 Å². The number of ether oxygens (including phenoxy) is 1. The lowest BCUT2D eigenvalue weighted by atomic mass is 10.1. The minimum atomic E-state index is -0.573. The molecule has 1 aromatic rings. The number of carbonyl (C=O) groups excluding carboxylic acids is 3. The molecule has 0 unspecified atom stereocenters. The van der Waals surface area contributed by atoms with Gasteiger partial charge >= 0.3 is 6.09 Å². The van der Waals surface area contributed by atoms with Gasteiger partial charge in [-0.25, -0.2) is 9.18 Å². The summed E-state index contributed by atoms with van der Waals surface area (Å²) in [5.74, 6) is -0.593. The number of hydrogen-bond donors (Lipinski definition) is 1. The number of amides is 2. The second-order valence-corrected chi connectivity index (χ2v) is 6.25. The number of rotatable bonds is 4. The summed E-state index contributed by atoms with van der Waals surface area (Å²) >= 11 is 0. The van der Waals surface area contributed by atoms with E-state index in [1.165, 1.54) is 17.9 Å². The van der Waals surface area contributed by atoms with Crippen molar-refractivity contribution in [1.82, 2.24) is 5.32 Å². The van der Waals surface area contributed by atoms with E-state index in [0.29, 0.717) is 30.8 Å². The largest absolute Gasteiger partial charge is 0.442 e. The van der Waals surface area contributed by atoms with E-state index in [2.05, 4.69) is 5.32 Å². The van der Waals surface area contributed by atoms with Gasteiger partial charge in [-0.15, -0.1) is 0 Å². The monoisotopic (exact) mass is 349 g/mol. The predicted molar refractivity (Wildman–Crippen MR) is 89.2 cm³/mol. The van der Waals surface area contributed by atoms with Gasteiger partial charge in [-0.2, -0.15) is 0 Å². The maximum absolute atomic E-state index is 14.5. The molecule has 7 nitrogen and oxygen atoms in total. The summed E-state index contributed by atoms with van der Waals surface area (Å²) in [6.07, 6.45) is 0.198. The minimum Gasteiger partial charge on any atom is -0.442 e. The highest BCUT2D eigenvalue weighted by molar-refractivity contribution is 5.90. The molecule has 0 radical (unpaired) electrons. The molecule has 2 saturated heterocycles. The molecular weight excluding hydrogens is 329 g/mol. The Labute approximate surface area is 144 Å². The summed E-state index contributed by atoms with van der Waals surface area (Å²) in [6, 6.07) is 4.49. The summed E-state index contributed by atoms with van der Waals surface area (Å²) < 4.78 is 19.7. The van der Waals surface area contributed by atoms with E-state index in [1.54, 1.807) is 17.0 Å². The smallest absolute Gasteiger partial charge is 0.414 e. The van der Waals surface area contributed by atoms with Crippen molar-refractivity contribution in [1.29, 1.82) is 0 Å². The van der Waals surface area contributed by atoms with Crippen LogP contribution in [0.4, 0.5) is 20.6 Å². The van der Waals surface area contributed by atoms with Crippen LogP contribution in [0, 0.1) is 5.82 Å². The van der Waals surface area contributed by atoms with Crippen molar-refractivity contribution in [2.45, 2.75) is 25.9 Å². The topological polar surface area (TPSA) is 79.0 Å². The third-order valence-corrected chi connectivity index (χ3v) is 4.29. The number of carbonyl (C=O) groups is 3. The maximum Gasteiger partial charge on any atom is 0.414 e. The number of piperidine rings is 1. The first-order valence-corrected chi connectivity index (χ1v) is 8.23. The number of benzene rings is 1. The third-order valence-electron chi connectivity index (χ3n) is 4.29. The molecule has 0 aliphatic carbocycles. The lowest BCUT2D eigenvalue weighted by Gasteiger charge is -2.28. The molecule has 8 heteroatoms. The van der Waals surface area contributed by atoms with Gasteiger partial charge < -0.3 is 15.0 Å². The SMILES string of the molecule is CC(=O)NC[C@H]1CN(c2ccc(N3CCCC(=O)C3)c(F)c2)C(=O)O1. The molecule has 25 heavy (non-hydrogen) atoms. The number of ketones is 1. The summed E-state index contributed by atoms with van der Waals surface area (Å²) in [7, 11) is 0. The highest BCUT2D eigenvalue weighted by Gasteiger charge is 2.33. The van der Waals surface area contributed by atoms with Gasteiger partial charge in [-0.1, -0.05) is 0 Å². The van der Waals surface area contributed by atoms with Gasteiger partial charge in [0.15, 0.2) is 5.78 Å². The van der Waals surface area contributed by atoms with Crippen LogP contribution in [-0.2, 0) is 14.3 Å². The zero-order valence-electron chi connectivity index (χ0n) is 14.0. The fraction of sp³-hybridized carbons (Fsp3) is 0.471. The standard InChI is InChI=1S/C17H20FN3O4/c1-11(22)19-8-14-10-21(17(24)25-14)12-4-5-16(15(18)7-12)20-6-2-3-13(23)9-20/h4-5,7,14H,2-3,6,8-10H2,1H3,(H,19,22)/t14-/m0/s1. The second-order valence-electron chi connectivity index (χ2n) is 6.25. The molecule has 3 rings (SSSR count). The molecule has 0 spiro atoms. The Morgan fingerprint density at radius 1 is 1.40 bits per heavy atom. The van der Waals surface area contributed by atoms with Crippen LogP contribution < -0.4 is 15.1 Å². The molecule has 134 valence electrons. The van der Waals surface area contributed by atoms with Crippen LogP contribution in [0.2, 0.25) is 0 Å². The zero-order valence-corrected chi connectivity index (χ0v) is 14.0. The van der Waals surface area contributed by atoms with Crippen LogP contribution in [0.1, 0.15) is 19.8 Å². The first-order chi connectivity index (χ1) is 11.9. The summed E-state index contributed by atoms with van der Waals surface area (Å²) in [6.45, 7) is 2.68. The van der Waals surface area contributed by atoms with Gasteiger partial charge in [-0.3, -0.25) is 14.5 Å². The molecule has 1 N–H and O–H groups in total. The van der Waals surface area contributed by atoms with E-state index < -0.39 is 18.0 Å². The van der Waals surface area contributed by atoms with Gasteiger partial charge in [0, 0.05) is 19.9 Å². The molecule has 2 heterocycles. The van der Waals surface area contributed by atoms with Crippen molar-refractivity contribution in [2.24, 2.45) is 0 Å². The fourth-order valence-corrected chi connectivity index (χ4v) is 3.06.